The molecule has 3 rings (SSSR count). The van der Waals surface area contributed by atoms with Crippen LogP contribution in [0.25, 0.3) is 0 Å². The van der Waals surface area contributed by atoms with E-state index in [1.807, 2.05) is 30.3 Å². The molecule has 4 nitrogen and oxygen atoms in total. The fraction of sp³-hybridized carbons (Fsp3) is 0.467. The molecule has 5 heteroatoms. The van der Waals surface area contributed by atoms with E-state index in [1.54, 1.807) is 12.6 Å². The summed E-state index contributed by atoms with van der Waals surface area (Å²) in [6, 6.07) is 9.86. The lowest BCUT2D eigenvalue weighted by Crippen LogP contribution is -2.49. The summed E-state index contributed by atoms with van der Waals surface area (Å²) in [5.74, 6) is 0. The van der Waals surface area contributed by atoms with E-state index in [0.717, 1.165) is 11.1 Å². The second-order valence-electron chi connectivity index (χ2n) is 4.86. The summed E-state index contributed by atoms with van der Waals surface area (Å²) in [4.78, 5) is 0. The molecular formula is C15H17ClO4. The van der Waals surface area contributed by atoms with E-state index < -0.39 is 0 Å². The zero-order chi connectivity index (χ0) is 13.9. The van der Waals surface area contributed by atoms with Crippen LogP contribution in [0, 0.1) is 0 Å². The molecule has 0 amide bonds. The molecule has 0 aromatic heterocycles. The quantitative estimate of drug-likeness (QED) is 0.841. The fourth-order valence-corrected chi connectivity index (χ4v) is 2.76. The van der Waals surface area contributed by atoms with E-state index >= 15 is 0 Å². The van der Waals surface area contributed by atoms with Crippen molar-refractivity contribution < 1.29 is 18.9 Å². The van der Waals surface area contributed by atoms with Gasteiger partial charge in [0.05, 0.1) is 6.61 Å². The zero-order valence-electron chi connectivity index (χ0n) is 11.2. The summed E-state index contributed by atoms with van der Waals surface area (Å²) < 4.78 is 22.8. The second kappa shape index (κ2) is 6.24. The Labute approximate surface area is 123 Å². The van der Waals surface area contributed by atoms with E-state index in [1.165, 1.54) is 0 Å². The van der Waals surface area contributed by atoms with Crippen LogP contribution in [0.15, 0.2) is 41.4 Å². The molecule has 1 aromatic carbocycles. The van der Waals surface area contributed by atoms with Gasteiger partial charge < -0.3 is 18.9 Å². The van der Waals surface area contributed by atoms with Gasteiger partial charge in [-0.25, -0.2) is 0 Å². The average molecular weight is 297 g/mol. The average Bonchev–Trinajstić information content (AvgIpc) is 2.54. The van der Waals surface area contributed by atoms with Gasteiger partial charge in [0.1, 0.15) is 12.2 Å². The highest BCUT2D eigenvalue weighted by Gasteiger charge is 2.41. The number of fused-ring (bicyclic) bond motifs is 1. The van der Waals surface area contributed by atoms with Crippen LogP contribution in [0.1, 0.15) is 18.3 Å². The molecule has 4 atom stereocenters. The topological polar surface area (TPSA) is 36.9 Å². The Hall–Kier alpha value is -0.910. The molecule has 108 valence electrons. The molecule has 2 fully saturated rings. The molecule has 0 saturated carbocycles. The largest absolute Gasteiger partial charge is 0.356 e. The van der Waals surface area contributed by atoms with Crippen molar-refractivity contribution >= 4 is 11.6 Å². The van der Waals surface area contributed by atoms with Crippen LogP contribution in [0.3, 0.4) is 0 Å². The summed E-state index contributed by atoms with van der Waals surface area (Å²) >= 11 is 5.92. The minimum absolute atomic E-state index is 0.182. The van der Waals surface area contributed by atoms with E-state index in [4.69, 9.17) is 30.5 Å². The van der Waals surface area contributed by atoms with Gasteiger partial charge in [-0.15, -0.1) is 0 Å². The summed E-state index contributed by atoms with van der Waals surface area (Å²) in [5, 5.41) is 0. The molecular weight excluding hydrogens is 280 g/mol. The summed E-state index contributed by atoms with van der Waals surface area (Å²) in [5.41, 5.74) is 3.55. The number of benzene rings is 1. The monoisotopic (exact) mass is 296 g/mol. The highest BCUT2D eigenvalue weighted by molar-refractivity contribution is 6.25. The Morgan fingerprint density at radius 1 is 1.25 bits per heavy atom. The normalized spacial score (nSPS) is 35.8. The Morgan fingerprint density at radius 2 is 2.05 bits per heavy atom. The number of methoxy groups -OCH3 is 1. The van der Waals surface area contributed by atoms with Gasteiger partial charge in [0.15, 0.2) is 12.6 Å². The van der Waals surface area contributed by atoms with Crippen LogP contribution >= 0.6 is 11.6 Å². The lowest BCUT2D eigenvalue weighted by Gasteiger charge is -2.42. The fourth-order valence-electron chi connectivity index (χ4n) is 2.55. The van der Waals surface area contributed by atoms with Crippen molar-refractivity contribution in [3.63, 3.8) is 0 Å². The van der Waals surface area contributed by atoms with Gasteiger partial charge in [-0.1, -0.05) is 41.9 Å². The maximum Gasteiger partial charge on any atom is 0.184 e. The third kappa shape index (κ3) is 2.75. The first-order valence-corrected chi connectivity index (χ1v) is 7.05. The van der Waals surface area contributed by atoms with Crippen molar-refractivity contribution in [2.45, 2.75) is 31.2 Å². The van der Waals surface area contributed by atoms with Crippen LogP contribution in [0.4, 0.5) is 0 Å². The van der Waals surface area contributed by atoms with Crippen LogP contribution in [-0.4, -0.2) is 32.2 Å². The predicted molar refractivity (Wildman–Crippen MR) is 74.2 cm³/mol. The second-order valence-corrected chi connectivity index (χ2v) is 5.08. The Morgan fingerprint density at radius 3 is 2.75 bits per heavy atom. The minimum atomic E-state index is -0.383. The van der Waals surface area contributed by atoms with Crippen LogP contribution in [-0.2, 0) is 18.9 Å². The number of hydrogen-bond acceptors (Lipinski definition) is 4. The standard InChI is InChI=1S/C15H17ClO4/c1-17-13-7-11(8-16)14-12(19-13)9-18-15(20-14)10-5-3-2-4-6-10/h2-6,8,12-15H,7,9H2,1H3/b11-8-/t12-,13+,14+,15-/m1/s1. The van der Waals surface area contributed by atoms with Gasteiger partial charge >= 0.3 is 0 Å². The summed E-state index contributed by atoms with van der Waals surface area (Å²) in [7, 11) is 1.62. The Balaban J connectivity index is 1.76. The van der Waals surface area contributed by atoms with Gasteiger partial charge in [-0.3, -0.25) is 0 Å². The lowest BCUT2D eigenvalue weighted by molar-refractivity contribution is -0.298. The number of halogens is 1. The van der Waals surface area contributed by atoms with Crippen LogP contribution < -0.4 is 0 Å². The maximum absolute atomic E-state index is 6.02. The van der Waals surface area contributed by atoms with Gasteiger partial charge in [-0.05, 0) is 5.57 Å². The predicted octanol–water partition coefficient (Wildman–Crippen LogP) is 2.98. The van der Waals surface area contributed by atoms with E-state index in [2.05, 4.69) is 0 Å². The van der Waals surface area contributed by atoms with Crippen molar-refractivity contribution in [1.82, 2.24) is 0 Å². The molecule has 0 aliphatic carbocycles. The highest BCUT2D eigenvalue weighted by atomic mass is 35.5. The van der Waals surface area contributed by atoms with Gasteiger partial charge in [0.2, 0.25) is 0 Å². The van der Waals surface area contributed by atoms with Crippen LogP contribution in [0.5, 0.6) is 0 Å². The summed E-state index contributed by atoms with van der Waals surface area (Å²) in [6.07, 6.45) is -0.423. The SMILES string of the molecule is CO[C@@H]1C/C(=C/Cl)[C@@H]2O[C@H](c3ccccc3)OC[C@H]2O1. The molecule has 2 saturated heterocycles. The van der Waals surface area contributed by atoms with Crippen molar-refractivity contribution in [3.8, 4) is 0 Å². The van der Waals surface area contributed by atoms with Gasteiger partial charge in [-0.2, -0.15) is 0 Å². The Bertz CT molecular complexity index is 476. The van der Waals surface area contributed by atoms with Gasteiger partial charge in [0, 0.05) is 24.6 Å². The van der Waals surface area contributed by atoms with Crippen molar-refractivity contribution in [3.05, 3.63) is 47.0 Å². The van der Waals surface area contributed by atoms with E-state index in [9.17, 15) is 0 Å². The molecule has 2 aliphatic rings. The Kier molecular flexibility index (Phi) is 4.38. The number of ether oxygens (including phenoxy) is 4. The minimum Gasteiger partial charge on any atom is -0.356 e. The molecule has 0 bridgehead atoms. The van der Waals surface area contributed by atoms with E-state index in [-0.39, 0.29) is 24.8 Å². The molecule has 0 unspecified atom stereocenters. The van der Waals surface area contributed by atoms with Gasteiger partial charge in [0.25, 0.3) is 0 Å². The lowest BCUT2D eigenvalue weighted by atomic mass is 9.98. The van der Waals surface area contributed by atoms with E-state index in [0.29, 0.717) is 13.0 Å². The van der Waals surface area contributed by atoms with Crippen LogP contribution in [0.2, 0.25) is 0 Å². The molecule has 1 aromatic rings. The van der Waals surface area contributed by atoms with Crippen molar-refractivity contribution in [2.75, 3.05) is 13.7 Å². The molecule has 0 spiro atoms. The smallest absolute Gasteiger partial charge is 0.184 e. The highest BCUT2D eigenvalue weighted by Crippen LogP contribution is 2.36. The molecule has 2 heterocycles. The van der Waals surface area contributed by atoms with Crippen molar-refractivity contribution in [2.24, 2.45) is 0 Å². The first-order chi connectivity index (χ1) is 9.81. The molecule has 0 radical (unpaired) electrons. The summed E-state index contributed by atoms with van der Waals surface area (Å²) in [6.45, 7) is 0.457. The molecule has 0 N–H and O–H groups in total. The number of rotatable bonds is 2. The number of hydrogen-bond donors (Lipinski definition) is 0. The van der Waals surface area contributed by atoms with Crippen molar-refractivity contribution in [1.29, 1.82) is 0 Å². The first kappa shape index (κ1) is 14.0. The zero-order valence-corrected chi connectivity index (χ0v) is 12.0. The first-order valence-electron chi connectivity index (χ1n) is 6.61. The third-order valence-corrected chi connectivity index (χ3v) is 3.87. The third-order valence-electron chi connectivity index (χ3n) is 3.59. The molecule has 2 aliphatic heterocycles. The maximum atomic E-state index is 6.02. The molecule has 20 heavy (non-hydrogen) atoms.